The Balaban J connectivity index is 1.67. The third-order valence-corrected chi connectivity index (χ3v) is 4.94. The van der Waals surface area contributed by atoms with Crippen LogP contribution in [0.4, 0.5) is 0 Å². The topological polar surface area (TPSA) is 74.4 Å². The van der Waals surface area contributed by atoms with Crippen LogP contribution < -0.4 is 5.56 Å². The number of nitrogens with zero attached hydrogens (tertiary/aromatic N) is 2. The summed E-state index contributed by atoms with van der Waals surface area (Å²) in [5, 5.41) is 4.85. The van der Waals surface area contributed by atoms with Crippen LogP contribution in [0.3, 0.4) is 0 Å². The third-order valence-electron chi connectivity index (χ3n) is 4.21. The van der Waals surface area contributed by atoms with Crippen molar-refractivity contribution in [3.05, 3.63) is 69.9 Å². The summed E-state index contributed by atoms with van der Waals surface area (Å²) in [4.78, 5) is 27.2. The van der Waals surface area contributed by atoms with Crippen LogP contribution in [-0.2, 0) is 0 Å². The lowest BCUT2D eigenvalue weighted by atomic mass is 10.1. The molecule has 0 aliphatic rings. The van der Waals surface area contributed by atoms with E-state index in [1.54, 1.807) is 6.20 Å². The van der Waals surface area contributed by atoms with Gasteiger partial charge in [0.2, 0.25) is 0 Å². The first kappa shape index (κ1) is 14.1. The van der Waals surface area contributed by atoms with Crippen molar-refractivity contribution < 1.29 is 0 Å². The molecule has 5 nitrogen and oxygen atoms in total. The van der Waals surface area contributed by atoms with Crippen LogP contribution in [0.2, 0.25) is 0 Å². The van der Waals surface area contributed by atoms with Crippen molar-refractivity contribution in [2.45, 2.75) is 0 Å². The second-order valence-corrected chi connectivity index (χ2v) is 6.56. The number of pyridine rings is 1. The first-order valence-electron chi connectivity index (χ1n) is 7.78. The summed E-state index contributed by atoms with van der Waals surface area (Å²) in [5.41, 5.74) is 5.61. The summed E-state index contributed by atoms with van der Waals surface area (Å²) < 4.78 is 0. The molecule has 0 aliphatic carbocycles. The molecule has 5 rings (SSSR count). The van der Waals surface area contributed by atoms with Gasteiger partial charge in [-0.3, -0.25) is 9.78 Å². The first-order chi connectivity index (χ1) is 12.3. The van der Waals surface area contributed by atoms with Crippen LogP contribution in [-0.4, -0.2) is 19.9 Å². The Kier molecular flexibility index (Phi) is 3.05. The summed E-state index contributed by atoms with van der Waals surface area (Å²) >= 11 is 1.52. The molecule has 25 heavy (non-hydrogen) atoms. The molecule has 5 aromatic rings. The number of benzene rings is 1. The number of rotatable bonds is 2. The van der Waals surface area contributed by atoms with Gasteiger partial charge in [-0.05, 0) is 29.8 Å². The van der Waals surface area contributed by atoms with E-state index in [0.717, 1.165) is 33.1 Å². The van der Waals surface area contributed by atoms with E-state index in [2.05, 4.69) is 26.0 Å². The van der Waals surface area contributed by atoms with E-state index in [0.29, 0.717) is 11.4 Å². The van der Waals surface area contributed by atoms with E-state index in [9.17, 15) is 4.79 Å². The predicted molar refractivity (Wildman–Crippen MR) is 101 cm³/mol. The fourth-order valence-electron chi connectivity index (χ4n) is 2.98. The van der Waals surface area contributed by atoms with Gasteiger partial charge in [0.1, 0.15) is 0 Å². The lowest BCUT2D eigenvalue weighted by Crippen LogP contribution is -2.10. The number of thiophene rings is 1. The van der Waals surface area contributed by atoms with Gasteiger partial charge in [0.05, 0.1) is 16.7 Å². The zero-order valence-corrected chi connectivity index (χ0v) is 13.8. The van der Waals surface area contributed by atoms with Crippen molar-refractivity contribution in [3.63, 3.8) is 0 Å². The molecular formula is C19H12N4OS. The normalized spacial score (nSPS) is 11.4. The van der Waals surface area contributed by atoms with Gasteiger partial charge >= 0.3 is 0 Å². The maximum atomic E-state index is 12.4. The number of aromatic amines is 2. The molecule has 6 heteroatoms. The summed E-state index contributed by atoms with van der Waals surface area (Å²) in [5.74, 6) is 0. The van der Waals surface area contributed by atoms with E-state index in [-0.39, 0.29) is 5.56 Å². The number of hydrogen-bond donors (Lipinski definition) is 2. The van der Waals surface area contributed by atoms with Crippen molar-refractivity contribution in [2.24, 2.45) is 0 Å². The van der Waals surface area contributed by atoms with Crippen molar-refractivity contribution >= 4 is 33.3 Å². The molecule has 2 N–H and O–H groups in total. The number of hydrogen-bond acceptors (Lipinski definition) is 4. The molecule has 0 saturated heterocycles. The highest BCUT2D eigenvalue weighted by Gasteiger charge is 2.11. The molecule has 0 radical (unpaired) electrons. The summed E-state index contributed by atoms with van der Waals surface area (Å²) in [7, 11) is 0. The molecule has 0 amide bonds. The average Bonchev–Trinajstić information content (AvgIpc) is 3.26. The van der Waals surface area contributed by atoms with Gasteiger partial charge in [-0.2, -0.15) is 0 Å². The molecule has 4 heterocycles. The highest BCUT2D eigenvalue weighted by Crippen LogP contribution is 2.27. The molecular weight excluding hydrogens is 332 g/mol. The van der Waals surface area contributed by atoms with Gasteiger partial charge < -0.3 is 9.97 Å². The second-order valence-electron chi connectivity index (χ2n) is 5.81. The molecule has 0 fully saturated rings. The third kappa shape index (κ3) is 2.35. The van der Waals surface area contributed by atoms with E-state index in [1.807, 2.05) is 47.3 Å². The summed E-state index contributed by atoms with van der Waals surface area (Å²) in [6, 6.07) is 12.0. The molecule has 0 spiro atoms. The molecule has 120 valence electrons. The Morgan fingerprint density at radius 1 is 0.960 bits per heavy atom. The van der Waals surface area contributed by atoms with Gasteiger partial charge in [0.15, 0.2) is 5.69 Å². The van der Waals surface area contributed by atoms with Crippen LogP contribution in [0.25, 0.3) is 44.5 Å². The Hall–Kier alpha value is -3.25. The van der Waals surface area contributed by atoms with E-state index < -0.39 is 0 Å². The minimum absolute atomic E-state index is 0.190. The molecule has 4 aromatic heterocycles. The highest BCUT2D eigenvalue weighted by molar-refractivity contribution is 7.09. The second kappa shape index (κ2) is 5.39. The van der Waals surface area contributed by atoms with Gasteiger partial charge in [-0.25, -0.2) is 4.98 Å². The summed E-state index contributed by atoms with van der Waals surface area (Å²) in [6.07, 6.45) is 3.60. The zero-order chi connectivity index (χ0) is 16.8. The molecule has 0 unspecified atom stereocenters. The number of aromatic nitrogens is 4. The lowest BCUT2D eigenvalue weighted by molar-refractivity contribution is 1.21. The van der Waals surface area contributed by atoms with E-state index in [1.165, 1.54) is 11.3 Å². The molecule has 0 atom stereocenters. The largest absolute Gasteiger partial charge is 0.353 e. The average molecular weight is 344 g/mol. The fraction of sp³-hybridized carbons (Fsp3) is 0. The quantitative estimate of drug-likeness (QED) is 0.504. The maximum Gasteiger partial charge on any atom is 0.276 e. The van der Waals surface area contributed by atoms with Gasteiger partial charge in [0, 0.05) is 39.6 Å². The van der Waals surface area contributed by atoms with E-state index >= 15 is 0 Å². The molecule has 0 saturated carbocycles. The van der Waals surface area contributed by atoms with E-state index in [4.69, 9.17) is 0 Å². The van der Waals surface area contributed by atoms with Gasteiger partial charge in [-0.1, -0.05) is 12.1 Å². The van der Waals surface area contributed by atoms with Crippen molar-refractivity contribution in [3.8, 4) is 22.5 Å². The Morgan fingerprint density at radius 2 is 1.92 bits per heavy atom. The number of nitrogens with one attached hydrogen (secondary N) is 2. The van der Waals surface area contributed by atoms with Gasteiger partial charge in [0.25, 0.3) is 5.56 Å². The zero-order valence-electron chi connectivity index (χ0n) is 13.0. The molecule has 1 aromatic carbocycles. The first-order valence-corrected chi connectivity index (χ1v) is 8.72. The number of fused-ring (bicyclic) bond motifs is 2. The van der Waals surface area contributed by atoms with Crippen LogP contribution in [0.15, 0.2) is 64.3 Å². The van der Waals surface area contributed by atoms with Crippen molar-refractivity contribution in [2.75, 3.05) is 0 Å². The Bertz CT molecular complexity index is 1270. The lowest BCUT2D eigenvalue weighted by Gasteiger charge is -2.00. The molecule has 0 bridgehead atoms. The minimum atomic E-state index is -0.190. The fourth-order valence-corrected chi connectivity index (χ4v) is 3.67. The van der Waals surface area contributed by atoms with Crippen molar-refractivity contribution in [1.29, 1.82) is 0 Å². The standard InChI is InChI=1S/C19H12N4OS/c24-19-18(22-16-9-25-10-17(16)23-19)15-7-13-6-11(3-4-14(13)21-15)12-2-1-5-20-8-12/h1-10,21H,(H,23,24). The Morgan fingerprint density at radius 3 is 2.80 bits per heavy atom. The Labute approximate surface area is 146 Å². The van der Waals surface area contributed by atoms with Crippen LogP contribution in [0.5, 0.6) is 0 Å². The smallest absolute Gasteiger partial charge is 0.276 e. The van der Waals surface area contributed by atoms with Gasteiger partial charge in [-0.15, -0.1) is 11.3 Å². The maximum absolute atomic E-state index is 12.4. The monoisotopic (exact) mass is 344 g/mol. The minimum Gasteiger partial charge on any atom is -0.353 e. The molecule has 0 aliphatic heterocycles. The van der Waals surface area contributed by atoms with Crippen LogP contribution in [0.1, 0.15) is 0 Å². The van der Waals surface area contributed by atoms with Crippen molar-refractivity contribution in [1.82, 2.24) is 19.9 Å². The number of H-pyrrole nitrogens is 2. The predicted octanol–water partition coefficient (Wildman–Crippen LogP) is 4.19. The SMILES string of the molecule is O=c1[nH]c2cscc2nc1-c1cc2cc(-c3cccnc3)ccc2[nH]1. The van der Waals surface area contributed by atoms with Crippen LogP contribution >= 0.6 is 11.3 Å². The summed E-state index contributed by atoms with van der Waals surface area (Å²) in [6.45, 7) is 0. The van der Waals surface area contributed by atoms with Crippen LogP contribution in [0, 0.1) is 0 Å². The highest BCUT2D eigenvalue weighted by atomic mass is 32.1.